The summed E-state index contributed by atoms with van der Waals surface area (Å²) < 4.78 is 53.4. The van der Waals surface area contributed by atoms with Crippen molar-refractivity contribution < 1.29 is 31.9 Å². The van der Waals surface area contributed by atoms with Gasteiger partial charge in [0.1, 0.15) is 23.7 Å². The number of piperidine rings is 1. The van der Waals surface area contributed by atoms with E-state index in [1.54, 1.807) is 25.3 Å². The Labute approximate surface area is 261 Å². The first-order chi connectivity index (χ1) is 20.5. The molecule has 3 atom stereocenters. The molecule has 2 aliphatic heterocycles. The Bertz CT molecular complexity index is 1370. The van der Waals surface area contributed by atoms with Gasteiger partial charge in [-0.3, -0.25) is 9.59 Å². The van der Waals surface area contributed by atoms with Crippen molar-refractivity contribution in [2.24, 2.45) is 5.92 Å². The summed E-state index contributed by atoms with van der Waals surface area (Å²) in [5.41, 5.74) is 1.17. The lowest BCUT2D eigenvalue weighted by Crippen LogP contribution is -2.53. The summed E-state index contributed by atoms with van der Waals surface area (Å²) >= 11 is 3.24. The predicted molar refractivity (Wildman–Crippen MR) is 164 cm³/mol. The molecular formula is C30H40BrFN4O6S. The van der Waals surface area contributed by atoms with Crippen LogP contribution in [0.1, 0.15) is 43.2 Å². The molecule has 2 saturated heterocycles. The second kappa shape index (κ2) is 15.4. The summed E-state index contributed by atoms with van der Waals surface area (Å²) in [5, 5.41) is 6.22. The highest BCUT2D eigenvalue weighted by atomic mass is 79.9. The van der Waals surface area contributed by atoms with Gasteiger partial charge in [0.2, 0.25) is 21.8 Å². The fraction of sp³-hybridized carbons (Fsp3) is 0.533. The Kier molecular flexibility index (Phi) is 12.0. The van der Waals surface area contributed by atoms with Crippen molar-refractivity contribution in [3.8, 4) is 5.75 Å². The second-order valence-electron chi connectivity index (χ2n) is 11.2. The number of hydrogen-bond donors (Lipinski definition) is 3. The summed E-state index contributed by atoms with van der Waals surface area (Å²) in [7, 11) is -2.15. The van der Waals surface area contributed by atoms with Gasteiger partial charge in [-0.1, -0.05) is 34.1 Å². The largest absolute Gasteiger partial charge is 0.497 e. The fourth-order valence-electron chi connectivity index (χ4n) is 5.61. The van der Waals surface area contributed by atoms with Crippen molar-refractivity contribution in [1.29, 1.82) is 0 Å². The van der Waals surface area contributed by atoms with Gasteiger partial charge in [-0.15, -0.1) is 0 Å². The molecule has 0 aromatic heterocycles. The van der Waals surface area contributed by atoms with Gasteiger partial charge in [0.25, 0.3) is 0 Å². The Balaban J connectivity index is 1.50. The molecule has 2 aliphatic rings. The van der Waals surface area contributed by atoms with Crippen molar-refractivity contribution in [3.05, 3.63) is 63.9 Å². The Morgan fingerprint density at radius 2 is 1.95 bits per heavy atom. The molecule has 43 heavy (non-hydrogen) atoms. The van der Waals surface area contributed by atoms with Gasteiger partial charge in [0.05, 0.1) is 26.1 Å². The van der Waals surface area contributed by atoms with E-state index in [0.29, 0.717) is 34.5 Å². The van der Waals surface area contributed by atoms with Crippen LogP contribution < -0.4 is 20.1 Å². The van der Waals surface area contributed by atoms with Crippen LogP contribution >= 0.6 is 15.9 Å². The molecule has 4 rings (SSSR count). The van der Waals surface area contributed by atoms with Crippen LogP contribution in [-0.4, -0.2) is 76.3 Å². The van der Waals surface area contributed by atoms with Crippen LogP contribution in [0.5, 0.6) is 5.75 Å². The normalized spacial score (nSPS) is 20.1. The minimum Gasteiger partial charge on any atom is -0.497 e. The molecule has 2 amide bonds. The smallest absolute Gasteiger partial charge is 0.243 e. The van der Waals surface area contributed by atoms with Gasteiger partial charge in [-0.2, -0.15) is 0 Å². The van der Waals surface area contributed by atoms with Gasteiger partial charge >= 0.3 is 0 Å². The van der Waals surface area contributed by atoms with Crippen LogP contribution in [0.4, 0.5) is 4.39 Å². The van der Waals surface area contributed by atoms with Crippen LogP contribution in [0.3, 0.4) is 0 Å². The van der Waals surface area contributed by atoms with E-state index in [-0.39, 0.29) is 32.0 Å². The highest BCUT2D eigenvalue weighted by Gasteiger charge is 2.42. The topological polar surface area (TPSA) is 126 Å². The van der Waals surface area contributed by atoms with Gasteiger partial charge in [0, 0.05) is 29.5 Å². The number of amides is 2. The van der Waals surface area contributed by atoms with Gasteiger partial charge in [0.15, 0.2) is 0 Å². The minimum absolute atomic E-state index is 0.0370. The number of benzene rings is 2. The molecule has 3 N–H and O–H groups in total. The number of methoxy groups -OCH3 is 1. The van der Waals surface area contributed by atoms with Gasteiger partial charge in [-0.05, 0) is 74.5 Å². The molecule has 0 bridgehead atoms. The van der Waals surface area contributed by atoms with Crippen molar-refractivity contribution in [1.82, 2.24) is 20.3 Å². The van der Waals surface area contributed by atoms with E-state index in [0.717, 1.165) is 37.8 Å². The van der Waals surface area contributed by atoms with E-state index in [2.05, 4.69) is 31.3 Å². The molecule has 13 heteroatoms. The number of sulfonamides is 1. The third-order valence-corrected chi connectivity index (χ3v) is 9.12. The average Bonchev–Trinajstić information content (AvgIpc) is 3.41. The van der Waals surface area contributed by atoms with E-state index >= 15 is 0 Å². The summed E-state index contributed by atoms with van der Waals surface area (Å²) in [6.45, 7) is 2.03. The summed E-state index contributed by atoms with van der Waals surface area (Å²) in [5.74, 6) is -0.240. The molecule has 2 fully saturated rings. The van der Waals surface area contributed by atoms with Crippen molar-refractivity contribution >= 4 is 37.8 Å². The standard InChI is InChI=1S/C30H40BrFN4O6S/c1-41-24-5-3-4-21(14-24)17-34-29(37)28-16-25(42-19-22-7-8-23(31)15-26(22)32)18-36(28)30(38)27(35-43(2,39)40)9-6-20-10-12-33-13-11-20/h3-5,7-8,14-15,20,25,27-28,33,35H,6,9-13,16-19H2,1-2H3,(H,34,37)/t25-,27-,28+/m1/s1. The monoisotopic (exact) mass is 682 g/mol. The van der Waals surface area contributed by atoms with E-state index < -0.39 is 39.9 Å². The highest BCUT2D eigenvalue weighted by Crippen LogP contribution is 2.26. The Morgan fingerprint density at radius 3 is 2.65 bits per heavy atom. The summed E-state index contributed by atoms with van der Waals surface area (Å²) in [6, 6.07) is 10.1. The second-order valence-corrected chi connectivity index (χ2v) is 13.9. The first kappa shape index (κ1) is 33.3. The lowest BCUT2D eigenvalue weighted by atomic mass is 9.91. The lowest BCUT2D eigenvalue weighted by Gasteiger charge is -2.30. The van der Waals surface area contributed by atoms with Crippen molar-refractivity contribution in [3.63, 3.8) is 0 Å². The molecule has 2 aromatic rings. The van der Waals surface area contributed by atoms with Crippen LogP contribution in [0, 0.1) is 11.7 Å². The maximum Gasteiger partial charge on any atom is 0.243 e. The molecule has 0 spiro atoms. The maximum atomic E-state index is 14.4. The van der Waals surface area contributed by atoms with Crippen molar-refractivity contribution in [2.45, 2.75) is 63.4 Å². The number of likely N-dealkylation sites (tertiary alicyclic amines) is 1. The van der Waals surface area contributed by atoms with Crippen LogP contribution in [0.2, 0.25) is 0 Å². The van der Waals surface area contributed by atoms with E-state index in [9.17, 15) is 22.4 Å². The third-order valence-electron chi connectivity index (χ3n) is 7.92. The van der Waals surface area contributed by atoms with E-state index in [1.165, 1.54) is 11.0 Å². The number of carbonyl (C=O) groups is 2. The van der Waals surface area contributed by atoms with Crippen LogP contribution in [0.15, 0.2) is 46.9 Å². The van der Waals surface area contributed by atoms with E-state index in [1.807, 2.05) is 18.2 Å². The molecule has 0 aliphatic carbocycles. The number of hydrogen-bond acceptors (Lipinski definition) is 7. The molecule has 2 heterocycles. The average molecular weight is 684 g/mol. The number of nitrogens with zero attached hydrogens (tertiary/aromatic N) is 1. The number of ether oxygens (including phenoxy) is 2. The highest BCUT2D eigenvalue weighted by molar-refractivity contribution is 9.10. The number of nitrogens with one attached hydrogen (secondary N) is 3. The van der Waals surface area contributed by atoms with Gasteiger partial charge < -0.3 is 25.0 Å². The molecule has 2 aromatic carbocycles. The number of carbonyl (C=O) groups excluding carboxylic acids is 2. The molecule has 0 radical (unpaired) electrons. The molecule has 10 nitrogen and oxygen atoms in total. The SMILES string of the molecule is COc1cccc(CNC(=O)[C@@H]2C[C@@H](OCc3ccc(Br)cc3F)CN2C(=O)[C@@H](CCC2CCNCC2)NS(C)(=O)=O)c1. The molecule has 0 unspecified atom stereocenters. The minimum atomic E-state index is -3.71. The molecule has 236 valence electrons. The van der Waals surface area contributed by atoms with E-state index in [4.69, 9.17) is 9.47 Å². The Morgan fingerprint density at radius 1 is 1.19 bits per heavy atom. The zero-order chi connectivity index (χ0) is 31.0. The third kappa shape index (κ3) is 9.97. The zero-order valence-corrected chi connectivity index (χ0v) is 26.9. The number of rotatable bonds is 13. The summed E-state index contributed by atoms with van der Waals surface area (Å²) in [6.07, 6.45) is 3.59. The van der Waals surface area contributed by atoms with Crippen LogP contribution in [-0.2, 0) is 37.5 Å². The van der Waals surface area contributed by atoms with Crippen molar-refractivity contribution in [2.75, 3.05) is 33.0 Å². The molecule has 0 saturated carbocycles. The quantitative estimate of drug-likeness (QED) is 0.297. The van der Waals surface area contributed by atoms with Gasteiger partial charge in [-0.25, -0.2) is 17.5 Å². The van der Waals surface area contributed by atoms with Crippen LogP contribution in [0.25, 0.3) is 0 Å². The Hall–Kier alpha value is -2.58. The molecular weight excluding hydrogens is 643 g/mol. The lowest BCUT2D eigenvalue weighted by molar-refractivity contribution is -0.140. The zero-order valence-electron chi connectivity index (χ0n) is 24.5. The first-order valence-corrected chi connectivity index (χ1v) is 17.2. The maximum absolute atomic E-state index is 14.4. The summed E-state index contributed by atoms with van der Waals surface area (Å²) in [4.78, 5) is 28.9. The predicted octanol–water partition coefficient (Wildman–Crippen LogP) is 3.10. The number of halogens is 2. The first-order valence-electron chi connectivity index (χ1n) is 14.5. The fourth-order valence-corrected chi connectivity index (χ4v) is 6.68.